The van der Waals surface area contributed by atoms with E-state index in [2.05, 4.69) is 0 Å². The number of amides is 1. The minimum absolute atomic E-state index is 0.0930. The summed E-state index contributed by atoms with van der Waals surface area (Å²) in [5.41, 5.74) is 2.88. The highest BCUT2D eigenvalue weighted by molar-refractivity contribution is 5.92. The quantitative estimate of drug-likeness (QED) is 0.462. The molecule has 0 aromatic heterocycles. The predicted octanol–water partition coefficient (Wildman–Crippen LogP) is 4.95. The Morgan fingerprint density at radius 3 is 1.77 bits per heavy atom. The average molecular weight is 418 g/mol. The number of ether oxygens (including phenoxy) is 3. The van der Waals surface area contributed by atoms with E-state index in [0.717, 1.165) is 16.7 Å². The van der Waals surface area contributed by atoms with Gasteiger partial charge in [-0.25, -0.2) is 0 Å². The second-order valence-electron chi connectivity index (χ2n) is 6.92. The molecule has 0 spiro atoms. The zero-order chi connectivity index (χ0) is 22.1. The van der Waals surface area contributed by atoms with Crippen molar-refractivity contribution in [3.05, 3.63) is 95.6 Å². The number of rotatable bonds is 9. The molecule has 0 radical (unpaired) electrons. The largest absolute Gasteiger partial charge is 0.493 e. The molecule has 0 aliphatic rings. The minimum atomic E-state index is -0.0930. The molecule has 0 N–H and O–H groups in total. The molecule has 0 saturated carbocycles. The van der Waals surface area contributed by atoms with Gasteiger partial charge in [-0.15, -0.1) is 0 Å². The first-order valence-corrected chi connectivity index (χ1v) is 10.00. The Morgan fingerprint density at radius 2 is 1.29 bits per heavy atom. The molecular weight excluding hydrogens is 390 g/mol. The van der Waals surface area contributed by atoms with Crippen LogP contribution in [0.4, 0.5) is 0 Å². The molecular formula is C26H27NO4. The van der Waals surface area contributed by atoms with Crippen LogP contribution < -0.4 is 14.2 Å². The normalized spacial score (nSPS) is 10.7. The maximum atomic E-state index is 13.1. The SMILES string of the molecule is COc1ccc(/C=C/C(=O)N(Cc2ccccc2)Cc2ccccc2)c(OC)c1OC. The zero-order valence-corrected chi connectivity index (χ0v) is 18.1. The van der Waals surface area contributed by atoms with E-state index in [1.165, 1.54) is 0 Å². The van der Waals surface area contributed by atoms with Gasteiger partial charge in [0.25, 0.3) is 0 Å². The molecule has 160 valence electrons. The highest BCUT2D eigenvalue weighted by Gasteiger charge is 2.16. The van der Waals surface area contributed by atoms with Crippen LogP contribution in [0.1, 0.15) is 16.7 Å². The summed E-state index contributed by atoms with van der Waals surface area (Å²) in [5, 5.41) is 0. The molecule has 0 aliphatic carbocycles. The molecule has 3 aromatic carbocycles. The van der Waals surface area contributed by atoms with Crippen LogP contribution in [0.3, 0.4) is 0 Å². The number of benzene rings is 3. The third-order valence-electron chi connectivity index (χ3n) is 4.88. The highest BCUT2D eigenvalue weighted by Crippen LogP contribution is 2.40. The highest BCUT2D eigenvalue weighted by atomic mass is 16.5. The second kappa shape index (κ2) is 10.9. The summed E-state index contributed by atoms with van der Waals surface area (Å²) in [6.45, 7) is 1.03. The first-order chi connectivity index (χ1) is 15.2. The van der Waals surface area contributed by atoms with Crippen molar-refractivity contribution in [2.45, 2.75) is 13.1 Å². The van der Waals surface area contributed by atoms with Crippen LogP contribution in [0.25, 0.3) is 6.08 Å². The van der Waals surface area contributed by atoms with Crippen molar-refractivity contribution in [1.29, 1.82) is 0 Å². The van der Waals surface area contributed by atoms with Gasteiger partial charge in [0.1, 0.15) is 0 Å². The molecule has 0 heterocycles. The second-order valence-corrected chi connectivity index (χ2v) is 6.92. The summed E-state index contributed by atoms with van der Waals surface area (Å²) in [5.74, 6) is 1.48. The summed E-state index contributed by atoms with van der Waals surface area (Å²) in [4.78, 5) is 15.0. The van der Waals surface area contributed by atoms with Gasteiger partial charge in [0.15, 0.2) is 11.5 Å². The van der Waals surface area contributed by atoms with Crippen LogP contribution in [-0.2, 0) is 17.9 Å². The van der Waals surface area contributed by atoms with Crippen molar-refractivity contribution in [3.63, 3.8) is 0 Å². The Bertz CT molecular complexity index is 975. The molecule has 1 amide bonds. The van der Waals surface area contributed by atoms with Crippen LogP contribution in [0, 0.1) is 0 Å². The molecule has 3 aromatic rings. The maximum absolute atomic E-state index is 13.1. The van der Waals surface area contributed by atoms with Gasteiger partial charge in [-0.3, -0.25) is 4.79 Å². The lowest BCUT2D eigenvalue weighted by Gasteiger charge is -2.22. The van der Waals surface area contributed by atoms with Crippen molar-refractivity contribution < 1.29 is 19.0 Å². The number of hydrogen-bond donors (Lipinski definition) is 0. The summed E-state index contributed by atoms with van der Waals surface area (Å²) < 4.78 is 16.3. The zero-order valence-electron chi connectivity index (χ0n) is 18.1. The van der Waals surface area contributed by atoms with Gasteiger partial charge in [0, 0.05) is 24.7 Å². The molecule has 31 heavy (non-hydrogen) atoms. The van der Waals surface area contributed by atoms with E-state index in [-0.39, 0.29) is 5.91 Å². The fourth-order valence-corrected chi connectivity index (χ4v) is 3.34. The Balaban J connectivity index is 1.86. The Labute approximate surface area is 183 Å². The van der Waals surface area contributed by atoms with Crippen molar-refractivity contribution >= 4 is 12.0 Å². The van der Waals surface area contributed by atoms with E-state index in [1.807, 2.05) is 71.6 Å². The van der Waals surface area contributed by atoms with E-state index >= 15 is 0 Å². The molecule has 5 nitrogen and oxygen atoms in total. The lowest BCUT2D eigenvalue weighted by atomic mass is 10.1. The van der Waals surface area contributed by atoms with E-state index in [9.17, 15) is 4.79 Å². The number of nitrogens with zero attached hydrogens (tertiary/aromatic N) is 1. The third-order valence-corrected chi connectivity index (χ3v) is 4.88. The average Bonchev–Trinajstić information content (AvgIpc) is 2.82. The van der Waals surface area contributed by atoms with Crippen molar-refractivity contribution in [2.24, 2.45) is 0 Å². The lowest BCUT2D eigenvalue weighted by molar-refractivity contribution is -0.127. The molecule has 3 rings (SSSR count). The van der Waals surface area contributed by atoms with Gasteiger partial charge >= 0.3 is 0 Å². The topological polar surface area (TPSA) is 48.0 Å². The Kier molecular flexibility index (Phi) is 7.71. The number of carbonyl (C=O) groups is 1. The molecule has 0 unspecified atom stereocenters. The Hall–Kier alpha value is -3.73. The number of methoxy groups -OCH3 is 3. The van der Waals surface area contributed by atoms with E-state index < -0.39 is 0 Å². The maximum Gasteiger partial charge on any atom is 0.247 e. The number of hydrogen-bond acceptors (Lipinski definition) is 4. The van der Waals surface area contributed by atoms with Crippen LogP contribution in [0.5, 0.6) is 17.2 Å². The van der Waals surface area contributed by atoms with E-state index in [4.69, 9.17) is 14.2 Å². The summed E-state index contributed by atoms with van der Waals surface area (Å²) in [6.07, 6.45) is 3.31. The molecule has 0 bridgehead atoms. The lowest BCUT2D eigenvalue weighted by Crippen LogP contribution is -2.28. The van der Waals surface area contributed by atoms with Gasteiger partial charge in [0.05, 0.1) is 21.3 Å². The fraction of sp³-hybridized carbons (Fsp3) is 0.192. The smallest absolute Gasteiger partial charge is 0.247 e. The van der Waals surface area contributed by atoms with Crippen LogP contribution >= 0.6 is 0 Å². The van der Waals surface area contributed by atoms with Crippen LogP contribution in [0.15, 0.2) is 78.9 Å². The molecule has 5 heteroatoms. The van der Waals surface area contributed by atoms with Gasteiger partial charge in [-0.05, 0) is 29.3 Å². The van der Waals surface area contributed by atoms with Crippen molar-refractivity contribution in [2.75, 3.05) is 21.3 Å². The van der Waals surface area contributed by atoms with E-state index in [0.29, 0.717) is 30.3 Å². The van der Waals surface area contributed by atoms with Crippen molar-refractivity contribution in [3.8, 4) is 17.2 Å². The molecule has 0 saturated heterocycles. The predicted molar refractivity (Wildman–Crippen MR) is 122 cm³/mol. The van der Waals surface area contributed by atoms with Gasteiger partial charge in [-0.2, -0.15) is 0 Å². The third kappa shape index (κ3) is 5.66. The van der Waals surface area contributed by atoms with Gasteiger partial charge < -0.3 is 19.1 Å². The summed E-state index contributed by atoms with van der Waals surface area (Å²) in [7, 11) is 4.69. The first kappa shape index (κ1) is 22.0. The van der Waals surface area contributed by atoms with Crippen LogP contribution in [0.2, 0.25) is 0 Å². The van der Waals surface area contributed by atoms with Gasteiger partial charge in [-0.1, -0.05) is 60.7 Å². The molecule has 0 fully saturated rings. The monoisotopic (exact) mass is 417 g/mol. The Morgan fingerprint density at radius 1 is 0.742 bits per heavy atom. The van der Waals surface area contributed by atoms with Crippen LogP contribution in [-0.4, -0.2) is 32.1 Å². The molecule has 0 atom stereocenters. The standard InChI is InChI=1S/C26H27NO4/c1-29-23-16-14-22(25(30-2)26(23)31-3)15-17-24(28)27(18-20-10-6-4-7-11-20)19-21-12-8-5-9-13-21/h4-17H,18-19H2,1-3H3/b17-15+. The minimum Gasteiger partial charge on any atom is -0.493 e. The first-order valence-electron chi connectivity index (χ1n) is 10.00. The molecule has 0 aliphatic heterocycles. The number of carbonyl (C=O) groups excluding carboxylic acids is 1. The summed E-state index contributed by atoms with van der Waals surface area (Å²) in [6, 6.07) is 23.6. The van der Waals surface area contributed by atoms with Gasteiger partial charge in [0.2, 0.25) is 11.7 Å². The summed E-state index contributed by atoms with van der Waals surface area (Å²) >= 11 is 0. The van der Waals surface area contributed by atoms with Crippen molar-refractivity contribution in [1.82, 2.24) is 4.90 Å². The van der Waals surface area contributed by atoms with E-state index in [1.54, 1.807) is 39.5 Å². The fourth-order valence-electron chi connectivity index (χ4n) is 3.34.